The van der Waals surface area contributed by atoms with E-state index in [1.165, 1.54) is 5.56 Å². The molecule has 1 N–H and O–H groups in total. The lowest BCUT2D eigenvalue weighted by Gasteiger charge is -2.17. The molecule has 4 heteroatoms. The summed E-state index contributed by atoms with van der Waals surface area (Å²) in [5, 5.41) is 3.93. The second-order valence-electron chi connectivity index (χ2n) is 5.10. The minimum absolute atomic E-state index is 0.402. The van der Waals surface area contributed by atoms with Crippen LogP contribution in [0.4, 0.5) is 0 Å². The summed E-state index contributed by atoms with van der Waals surface area (Å²) >= 11 is 5.92. The van der Waals surface area contributed by atoms with Gasteiger partial charge in [0.05, 0.1) is 0 Å². The zero-order valence-corrected chi connectivity index (χ0v) is 13.1. The van der Waals surface area contributed by atoms with Crippen molar-refractivity contribution in [2.75, 3.05) is 13.6 Å². The maximum Gasteiger partial charge on any atom is 0.159 e. The van der Waals surface area contributed by atoms with Crippen LogP contribution in [0.25, 0.3) is 11.4 Å². The zero-order valence-electron chi connectivity index (χ0n) is 12.4. The minimum atomic E-state index is 0.402. The van der Waals surface area contributed by atoms with Crippen LogP contribution in [0.5, 0.6) is 0 Å². The quantitative estimate of drug-likeness (QED) is 0.932. The average Bonchev–Trinajstić information content (AvgIpc) is 2.39. The summed E-state index contributed by atoms with van der Waals surface area (Å²) < 4.78 is 0. The summed E-state index contributed by atoms with van der Waals surface area (Å²) in [4.78, 5) is 9.31. The Balaban J connectivity index is 2.42. The number of hydrogen-bond donors (Lipinski definition) is 1. The molecule has 3 nitrogen and oxygen atoms in total. The van der Waals surface area contributed by atoms with Crippen molar-refractivity contribution >= 4 is 11.6 Å². The summed E-state index contributed by atoms with van der Waals surface area (Å²) in [6.07, 6.45) is 0. The van der Waals surface area contributed by atoms with Gasteiger partial charge in [-0.15, -0.1) is 0 Å². The van der Waals surface area contributed by atoms with Gasteiger partial charge in [0, 0.05) is 28.5 Å². The lowest BCUT2D eigenvalue weighted by molar-refractivity contribution is 0.663. The number of hydrogen-bond acceptors (Lipinski definition) is 3. The molecule has 106 valence electrons. The van der Waals surface area contributed by atoms with Crippen LogP contribution in [0, 0.1) is 13.8 Å². The Morgan fingerprint density at radius 1 is 1.10 bits per heavy atom. The maximum atomic E-state index is 5.92. The van der Waals surface area contributed by atoms with Crippen LogP contribution < -0.4 is 5.32 Å². The van der Waals surface area contributed by atoms with Crippen LogP contribution in [-0.4, -0.2) is 23.6 Å². The smallest absolute Gasteiger partial charge is 0.159 e. The summed E-state index contributed by atoms with van der Waals surface area (Å²) in [6.45, 7) is 7.22. The normalized spacial score (nSPS) is 12.4. The monoisotopic (exact) mass is 289 g/mol. The molecule has 0 spiro atoms. The Morgan fingerprint density at radius 3 is 2.15 bits per heavy atom. The Hall–Kier alpha value is -1.45. The lowest BCUT2D eigenvalue weighted by Crippen LogP contribution is -2.17. The molecule has 1 aromatic carbocycles. The summed E-state index contributed by atoms with van der Waals surface area (Å²) in [5.41, 5.74) is 4.32. The number of halogens is 1. The van der Waals surface area contributed by atoms with Gasteiger partial charge in [-0.05, 0) is 56.6 Å². The van der Waals surface area contributed by atoms with Crippen molar-refractivity contribution in [3.8, 4) is 11.4 Å². The van der Waals surface area contributed by atoms with E-state index < -0.39 is 0 Å². The van der Waals surface area contributed by atoms with Gasteiger partial charge < -0.3 is 5.32 Å². The number of likely N-dealkylation sites (N-methyl/N-ethyl adjacent to an activating group) is 1. The van der Waals surface area contributed by atoms with Gasteiger partial charge in [-0.3, -0.25) is 0 Å². The molecule has 0 saturated carbocycles. The van der Waals surface area contributed by atoms with E-state index >= 15 is 0 Å². The molecule has 20 heavy (non-hydrogen) atoms. The molecular formula is C16H20ClN3. The molecule has 2 rings (SSSR count). The molecule has 1 aromatic heterocycles. The number of nitrogens with zero attached hydrogens (tertiary/aromatic N) is 2. The highest BCUT2D eigenvalue weighted by atomic mass is 35.5. The molecule has 0 fully saturated rings. The van der Waals surface area contributed by atoms with E-state index in [4.69, 9.17) is 11.6 Å². The van der Waals surface area contributed by atoms with Crippen molar-refractivity contribution in [1.82, 2.24) is 15.3 Å². The van der Waals surface area contributed by atoms with E-state index in [0.29, 0.717) is 5.92 Å². The lowest BCUT2D eigenvalue weighted by atomic mass is 9.98. The summed E-state index contributed by atoms with van der Waals surface area (Å²) in [5.74, 6) is 1.16. The van der Waals surface area contributed by atoms with Crippen LogP contribution in [0.15, 0.2) is 24.3 Å². The summed E-state index contributed by atoms with van der Waals surface area (Å²) in [7, 11) is 1.96. The fourth-order valence-corrected chi connectivity index (χ4v) is 2.70. The SMILES string of the molecule is CNCC(C)c1c(C)nc(-c2ccc(Cl)cc2)nc1C. The number of rotatable bonds is 4. The first-order valence-electron chi connectivity index (χ1n) is 6.78. The van der Waals surface area contributed by atoms with Gasteiger partial charge in [0.15, 0.2) is 5.82 Å². The molecule has 2 aromatic rings. The van der Waals surface area contributed by atoms with Crippen molar-refractivity contribution in [1.29, 1.82) is 0 Å². The van der Waals surface area contributed by atoms with Gasteiger partial charge in [-0.1, -0.05) is 18.5 Å². The van der Waals surface area contributed by atoms with Crippen molar-refractivity contribution in [3.63, 3.8) is 0 Å². The molecule has 0 aliphatic rings. The molecule has 0 aliphatic heterocycles. The van der Waals surface area contributed by atoms with E-state index in [2.05, 4.69) is 36.1 Å². The third-order valence-electron chi connectivity index (χ3n) is 3.43. The van der Waals surface area contributed by atoms with E-state index in [9.17, 15) is 0 Å². The Labute approximate surface area is 125 Å². The van der Waals surface area contributed by atoms with Crippen molar-refractivity contribution < 1.29 is 0 Å². The van der Waals surface area contributed by atoms with Crippen LogP contribution in [0.2, 0.25) is 5.02 Å². The highest BCUT2D eigenvalue weighted by molar-refractivity contribution is 6.30. The van der Waals surface area contributed by atoms with E-state index in [0.717, 1.165) is 34.3 Å². The number of aryl methyl sites for hydroxylation is 2. The number of benzene rings is 1. The zero-order chi connectivity index (χ0) is 14.7. The van der Waals surface area contributed by atoms with Gasteiger partial charge in [0.1, 0.15) is 0 Å². The predicted octanol–water partition coefficient (Wildman–Crippen LogP) is 3.74. The second-order valence-corrected chi connectivity index (χ2v) is 5.53. The van der Waals surface area contributed by atoms with Gasteiger partial charge >= 0.3 is 0 Å². The Bertz CT molecular complexity index is 570. The third kappa shape index (κ3) is 3.17. The second kappa shape index (κ2) is 6.33. The highest BCUT2D eigenvalue weighted by Crippen LogP contribution is 2.25. The largest absolute Gasteiger partial charge is 0.319 e. The number of nitrogens with one attached hydrogen (secondary N) is 1. The van der Waals surface area contributed by atoms with Crippen molar-refractivity contribution in [2.45, 2.75) is 26.7 Å². The molecule has 0 saturated heterocycles. The van der Waals surface area contributed by atoms with Crippen LogP contribution in [-0.2, 0) is 0 Å². The standard InChI is InChI=1S/C16H20ClN3/c1-10(9-18-4)15-11(2)19-16(20-12(15)3)13-5-7-14(17)8-6-13/h5-8,10,18H,9H2,1-4H3. The molecule has 1 heterocycles. The van der Waals surface area contributed by atoms with Gasteiger partial charge in [0.25, 0.3) is 0 Å². The molecule has 0 radical (unpaired) electrons. The first kappa shape index (κ1) is 14.9. The van der Waals surface area contributed by atoms with Gasteiger partial charge in [-0.2, -0.15) is 0 Å². The van der Waals surface area contributed by atoms with Gasteiger partial charge in [-0.25, -0.2) is 9.97 Å². The predicted molar refractivity (Wildman–Crippen MR) is 84.3 cm³/mol. The Kier molecular flexibility index (Phi) is 4.73. The maximum absolute atomic E-state index is 5.92. The van der Waals surface area contributed by atoms with Crippen LogP contribution in [0.1, 0.15) is 29.8 Å². The topological polar surface area (TPSA) is 37.8 Å². The fourth-order valence-electron chi connectivity index (χ4n) is 2.57. The molecule has 1 atom stereocenters. The number of aromatic nitrogens is 2. The van der Waals surface area contributed by atoms with Crippen molar-refractivity contribution in [3.05, 3.63) is 46.2 Å². The average molecular weight is 290 g/mol. The van der Waals surface area contributed by atoms with E-state index in [-0.39, 0.29) is 0 Å². The molecule has 0 bridgehead atoms. The van der Waals surface area contributed by atoms with E-state index in [1.54, 1.807) is 0 Å². The van der Waals surface area contributed by atoms with Gasteiger partial charge in [0.2, 0.25) is 0 Å². The van der Waals surface area contributed by atoms with E-state index in [1.807, 2.05) is 31.3 Å². The fraction of sp³-hybridized carbons (Fsp3) is 0.375. The molecular weight excluding hydrogens is 270 g/mol. The third-order valence-corrected chi connectivity index (χ3v) is 3.68. The summed E-state index contributed by atoms with van der Waals surface area (Å²) in [6, 6.07) is 7.63. The minimum Gasteiger partial charge on any atom is -0.319 e. The molecule has 0 amide bonds. The first-order valence-corrected chi connectivity index (χ1v) is 7.16. The first-order chi connectivity index (χ1) is 9.52. The molecule has 1 unspecified atom stereocenters. The molecule has 0 aliphatic carbocycles. The van der Waals surface area contributed by atoms with Crippen molar-refractivity contribution in [2.24, 2.45) is 0 Å². The Morgan fingerprint density at radius 2 is 1.65 bits per heavy atom. The highest BCUT2D eigenvalue weighted by Gasteiger charge is 2.15. The van der Waals surface area contributed by atoms with Crippen LogP contribution >= 0.6 is 11.6 Å². The van der Waals surface area contributed by atoms with Crippen LogP contribution in [0.3, 0.4) is 0 Å².